The fraction of sp³-hybridized carbons (Fsp3) is 0.333. The second kappa shape index (κ2) is 7.19. The lowest BCUT2D eigenvalue weighted by atomic mass is 10.3. The van der Waals surface area contributed by atoms with Crippen LogP contribution in [0, 0.1) is 0 Å². The van der Waals surface area contributed by atoms with Crippen molar-refractivity contribution in [1.29, 1.82) is 0 Å². The molecule has 0 aromatic carbocycles. The highest BCUT2D eigenvalue weighted by Crippen LogP contribution is 1.94. The maximum Gasteiger partial charge on any atom is 0.342 e. The van der Waals surface area contributed by atoms with Gasteiger partial charge in [-0.3, -0.25) is 14.8 Å². The van der Waals surface area contributed by atoms with Crippen molar-refractivity contribution in [3.05, 3.63) is 50.9 Å². The molecule has 0 unspecified atom stereocenters. The van der Waals surface area contributed by atoms with Gasteiger partial charge in [0.05, 0.1) is 0 Å². The molecule has 2 aromatic heterocycles. The zero-order valence-corrected chi connectivity index (χ0v) is 10.8. The lowest BCUT2D eigenvalue weighted by Crippen LogP contribution is -2.27. The molecule has 0 saturated carbocycles. The summed E-state index contributed by atoms with van der Waals surface area (Å²) in [4.78, 5) is 28.2. The van der Waals surface area contributed by atoms with E-state index in [0.29, 0.717) is 6.54 Å². The van der Waals surface area contributed by atoms with E-state index in [9.17, 15) is 9.59 Å². The van der Waals surface area contributed by atoms with Crippen LogP contribution in [0.15, 0.2) is 34.1 Å². The van der Waals surface area contributed by atoms with E-state index in [2.05, 4.69) is 30.8 Å². The molecule has 8 nitrogen and oxygen atoms in total. The van der Waals surface area contributed by atoms with Gasteiger partial charge in [-0.25, -0.2) is 9.89 Å². The molecule has 0 radical (unpaired) electrons. The van der Waals surface area contributed by atoms with Crippen LogP contribution >= 0.6 is 0 Å². The molecule has 0 saturated heterocycles. The maximum atomic E-state index is 11.3. The fourth-order valence-electron chi connectivity index (χ4n) is 1.62. The molecule has 20 heavy (non-hydrogen) atoms. The minimum Gasteiger partial charge on any atom is -0.364 e. The van der Waals surface area contributed by atoms with Crippen molar-refractivity contribution in [3.8, 4) is 0 Å². The third-order valence-electron chi connectivity index (χ3n) is 2.59. The Balaban J connectivity index is 1.64. The number of aromatic nitrogens is 4. The smallest absolute Gasteiger partial charge is 0.342 e. The standard InChI is InChI=1S/C12H16N6O2/c19-11-10(17-18-12(20)16-11)15-6-2-5-14-8-9-3-1-4-13-7-9/h1,3-4,7,14H,2,5-6,8H2,(H,15,17)(H2,16,18,19,20). The summed E-state index contributed by atoms with van der Waals surface area (Å²) < 4.78 is 0. The lowest BCUT2D eigenvalue weighted by molar-refractivity contribution is 0.660. The van der Waals surface area contributed by atoms with Crippen LogP contribution in [0.2, 0.25) is 0 Å². The minimum atomic E-state index is -0.612. The number of anilines is 1. The van der Waals surface area contributed by atoms with Crippen LogP contribution in [-0.2, 0) is 6.54 Å². The summed E-state index contributed by atoms with van der Waals surface area (Å²) in [5.41, 5.74) is -0.00467. The van der Waals surface area contributed by atoms with Crippen LogP contribution in [0.4, 0.5) is 5.82 Å². The zero-order valence-electron chi connectivity index (χ0n) is 10.8. The van der Waals surface area contributed by atoms with Crippen molar-refractivity contribution in [2.45, 2.75) is 13.0 Å². The Hall–Kier alpha value is -2.48. The average Bonchev–Trinajstić information content (AvgIpc) is 2.46. The van der Waals surface area contributed by atoms with Crippen molar-refractivity contribution in [2.75, 3.05) is 18.4 Å². The maximum absolute atomic E-state index is 11.3. The first-order chi connectivity index (χ1) is 9.75. The van der Waals surface area contributed by atoms with Crippen LogP contribution in [0.5, 0.6) is 0 Å². The van der Waals surface area contributed by atoms with Crippen molar-refractivity contribution >= 4 is 5.82 Å². The van der Waals surface area contributed by atoms with Gasteiger partial charge in [0.25, 0.3) is 5.56 Å². The number of hydrogen-bond acceptors (Lipinski definition) is 6. The number of nitrogens with one attached hydrogen (secondary N) is 4. The van der Waals surface area contributed by atoms with Crippen molar-refractivity contribution in [3.63, 3.8) is 0 Å². The molecule has 0 atom stereocenters. The van der Waals surface area contributed by atoms with Crippen molar-refractivity contribution in [1.82, 2.24) is 25.5 Å². The van der Waals surface area contributed by atoms with Gasteiger partial charge in [0.2, 0.25) is 5.82 Å². The van der Waals surface area contributed by atoms with Gasteiger partial charge in [-0.05, 0) is 24.6 Å². The van der Waals surface area contributed by atoms with Crippen molar-refractivity contribution in [2.24, 2.45) is 0 Å². The quantitative estimate of drug-likeness (QED) is 0.504. The van der Waals surface area contributed by atoms with E-state index in [4.69, 9.17) is 0 Å². The second-order valence-corrected chi connectivity index (χ2v) is 4.17. The molecule has 0 aliphatic heterocycles. The first-order valence-electron chi connectivity index (χ1n) is 6.28. The average molecular weight is 276 g/mol. The minimum absolute atomic E-state index is 0.122. The molecule has 2 rings (SSSR count). The first kappa shape index (κ1) is 13.9. The number of H-pyrrole nitrogens is 2. The molecule has 0 amide bonds. The summed E-state index contributed by atoms with van der Waals surface area (Å²) in [6, 6.07) is 3.90. The summed E-state index contributed by atoms with van der Waals surface area (Å²) in [5, 5.41) is 11.9. The third kappa shape index (κ3) is 4.32. The third-order valence-corrected chi connectivity index (χ3v) is 2.59. The Labute approximate surface area is 114 Å². The second-order valence-electron chi connectivity index (χ2n) is 4.17. The summed E-state index contributed by atoms with van der Waals surface area (Å²) in [5.74, 6) is 0.122. The van der Waals surface area contributed by atoms with Crippen LogP contribution in [-0.4, -0.2) is 33.3 Å². The lowest BCUT2D eigenvalue weighted by Gasteiger charge is -2.05. The molecule has 0 aliphatic carbocycles. The highest BCUT2D eigenvalue weighted by atomic mass is 16.2. The Morgan fingerprint density at radius 3 is 2.90 bits per heavy atom. The van der Waals surface area contributed by atoms with Crippen LogP contribution < -0.4 is 21.9 Å². The normalized spacial score (nSPS) is 10.4. The number of nitrogens with zero attached hydrogens (tertiary/aromatic N) is 2. The Kier molecular flexibility index (Phi) is 5.01. The molecule has 106 valence electrons. The molecule has 2 heterocycles. The first-order valence-corrected chi connectivity index (χ1v) is 6.28. The van der Waals surface area contributed by atoms with Gasteiger partial charge in [-0.15, -0.1) is 5.10 Å². The highest BCUT2D eigenvalue weighted by molar-refractivity contribution is 5.28. The van der Waals surface area contributed by atoms with Gasteiger partial charge in [-0.2, -0.15) is 0 Å². The molecule has 8 heteroatoms. The molecule has 2 aromatic rings. The largest absolute Gasteiger partial charge is 0.364 e. The van der Waals surface area contributed by atoms with E-state index in [1.807, 2.05) is 18.3 Å². The predicted molar refractivity (Wildman–Crippen MR) is 74.5 cm³/mol. The SMILES string of the molecule is O=c1[nH]nc(NCCCNCc2cccnc2)c(=O)[nH]1. The summed E-state index contributed by atoms with van der Waals surface area (Å²) in [6.45, 7) is 2.14. The van der Waals surface area contributed by atoms with E-state index >= 15 is 0 Å². The molecule has 0 fully saturated rings. The molecule has 0 aliphatic rings. The van der Waals surface area contributed by atoms with E-state index in [-0.39, 0.29) is 5.82 Å². The Morgan fingerprint density at radius 1 is 1.25 bits per heavy atom. The molecule has 0 spiro atoms. The molecule has 0 bridgehead atoms. The van der Waals surface area contributed by atoms with Gasteiger partial charge in [0.15, 0.2) is 0 Å². The molecule has 4 N–H and O–H groups in total. The van der Waals surface area contributed by atoms with E-state index in [1.54, 1.807) is 6.20 Å². The zero-order chi connectivity index (χ0) is 14.2. The highest BCUT2D eigenvalue weighted by Gasteiger charge is 2.00. The number of rotatable bonds is 7. The van der Waals surface area contributed by atoms with Gasteiger partial charge >= 0.3 is 5.69 Å². The Bertz CT molecular complexity index is 636. The summed E-state index contributed by atoms with van der Waals surface area (Å²) in [7, 11) is 0. The summed E-state index contributed by atoms with van der Waals surface area (Å²) in [6.07, 6.45) is 4.37. The predicted octanol–water partition coefficient (Wildman–Crippen LogP) is -0.555. The Morgan fingerprint density at radius 2 is 2.15 bits per heavy atom. The van der Waals surface area contributed by atoms with Gasteiger partial charge in [0.1, 0.15) is 0 Å². The van der Waals surface area contributed by atoms with Gasteiger partial charge in [0, 0.05) is 25.5 Å². The monoisotopic (exact) mass is 276 g/mol. The van der Waals surface area contributed by atoms with Crippen LogP contribution in [0.1, 0.15) is 12.0 Å². The van der Waals surface area contributed by atoms with Crippen LogP contribution in [0.3, 0.4) is 0 Å². The van der Waals surface area contributed by atoms with E-state index < -0.39 is 11.2 Å². The van der Waals surface area contributed by atoms with Crippen molar-refractivity contribution < 1.29 is 0 Å². The van der Waals surface area contributed by atoms with Gasteiger partial charge in [-0.1, -0.05) is 6.07 Å². The van der Waals surface area contributed by atoms with E-state index in [1.165, 1.54) is 0 Å². The molecular formula is C12H16N6O2. The molecular weight excluding hydrogens is 260 g/mol. The fourth-order valence-corrected chi connectivity index (χ4v) is 1.62. The van der Waals surface area contributed by atoms with E-state index in [0.717, 1.165) is 25.1 Å². The van der Waals surface area contributed by atoms with Crippen LogP contribution in [0.25, 0.3) is 0 Å². The summed E-state index contributed by atoms with van der Waals surface area (Å²) >= 11 is 0. The number of pyridine rings is 1. The number of hydrogen-bond donors (Lipinski definition) is 4. The number of aromatic amines is 2. The van der Waals surface area contributed by atoms with Gasteiger partial charge < -0.3 is 10.6 Å². The topological polar surface area (TPSA) is 116 Å².